The smallest absolute Gasteiger partial charge is 0.325 e. The molecular weight excluding hydrogens is 367 g/mol. The van der Waals surface area contributed by atoms with E-state index in [1.54, 1.807) is 0 Å². The highest BCUT2D eigenvalue weighted by Gasteiger charge is 2.23. The largest absolute Gasteiger partial charge is 0.493 e. The van der Waals surface area contributed by atoms with Crippen LogP contribution in [0.2, 0.25) is 0 Å². The number of ether oxygens (including phenoxy) is 2. The number of amides is 2. The maximum Gasteiger partial charge on any atom is 0.325 e. The van der Waals surface area contributed by atoms with Crippen molar-refractivity contribution in [3.63, 3.8) is 0 Å². The van der Waals surface area contributed by atoms with Crippen LogP contribution < -0.4 is 15.4 Å². The molecule has 1 atom stereocenters. The molecule has 0 aromatic heterocycles. The summed E-state index contributed by atoms with van der Waals surface area (Å²) in [5, 5.41) is 5.05. The topological polar surface area (TPSA) is 93.7 Å². The zero-order valence-corrected chi connectivity index (χ0v) is 14.9. The van der Waals surface area contributed by atoms with Crippen LogP contribution in [0.25, 0.3) is 0 Å². The van der Waals surface area contributed by atoms with Gasteiger partial charge >= 0.3 is 5.97 Å². The maximum atomic E-state index is 13.5. The molecule has 2 amide bonds. The third-order valence-corrected chi connectivity index (χ3v) is 4.17. The first-order valence-corrected chi connectivity index (χ1v) is 8.74. The van der Waals surface area contributed by atoms with E-state index in [1.165, 1.54) is 18.2 Å². The van der Waals surface area contributed by atoms with Gasteiger partial charge in [0.15, 0.2) is 6.61 Å². The molecule has 0 spiro atoms. The van der Waals surface area contributed by atoms with Crippen LogP contribution in [-0.4, -0.2) is 37.5 Å². The number of rotatable bonds is 6. The summed E-state index contributed by atoms with van der Waals surface area (Å²) in [6.45, 7) is -0.474. The van der Waals surface area contributed by atoms with E-state index >= 15 is 0 Å². The van der Waals surface area contributed by atoms with Gasteiger partial charge in [0.2, 0.25) is 0 Å². The molecule has 2 aromatic rings. The van der Waals surface area contributed by atoms with Crippen LogP contribution in [0.5, 0.6) is 5.75 Å². The summed E-state index contributed by atoms with van der Waals surface area (Å²) in [5.74, 6) is -1.97. The Balaban J connectivity index is 1.43. The average molecular weight is 386 g/mol. The monoisotopic (exact) mass is 386 g/mol. The number of para-hydroxylation sites is 1. The minimum atomic E-state index is -0.799. The molecule has 0 aliphatic carbocycles. The number of carbonyl (C=O) groups excluding carboxylic acids is 3. The van der Waals surface area contributed by atoms with E-state index in [0.717, 1.165) is 11.6 Å². The molecule has 3 rings (SSSR count). The van der Waals surface area contributed by atoms with Crippen molar-refractivity contribution in [3.8, 4) is 5.75 Å². The summed E-state index contributed by atoms with van der Waals surface area (Å²) in [4.78, 5) is 35.6. The Morgan fingerprint density at radius 1 is 1.11 bits per heavy atom. The number of halogens is 1. The first kappa shape index (κ1) is 19.3. The minimum Gasteiger partial charge on any atom is -0.493 e. The van der Waals surface area contributed by atoms with Crippen molar-refractivity contribution in [3.05, 3.63) is 65.5 Å². The number of fused-ring (bicyclic) bond motifs is 1. The van der Waals surface area contributed by atoms with Crippen molar-refractivity contribution in [1.82, 2.24) is 10.6 Å². The molecule has 1 unspecified atom stereocenters. The molecule has 0 radical (unpaired) electrons. The highest BCUT2D eigenvalue weighted by atomic mass is 19.1. The summed E-state index contributed by atoms with van der Waals surface area (Å²) < 4.78 is 23.9. The summed E-state index contributed by atoms with van der Waals surface area (Å²) >= 11 is 0. The molecule has 2 N–H and O–H groups in total. The zero-order valence-electron chi connectivity index (χ0n) is 14.9. The lowest BCUT2D eigenvalue weighted by Gasteiger charge is -2.26. The lowest BCUT2D eigenvalue weighted by Crippen LogP contribution is -2.36. The lowest BCUT2D eigenvalue weighted by atomic mass is 10.0. The summed E-state index contributed by atoms with van der Waals surface area (Å²) in [6, 6.07) is 12.6. The van der Waals surface area contributed by atoms with Crippen LogP contribution in [-0.2, 0) is 14.3 Å². The van der Waals surface area contributed by atoms with E-state index in [2.05, 4.69) is 10.6 Å². The normalized spacial score (nSPS) is 15.0. The Labute approximate surface area is 160 Å². The third-order valence-electron chi connectivity index (χ3n) is 4.17. The van der Waals surface area contributed by atoms with E-state index in [1.807, 2.05) is 24.3 Å². The first-order valence-electron chi connectivity index (χ1n) is 8.74. The number of esters is 1. The number of nitrogens with one attached hydrogen (secondary N) is 2. The molecular formula is C20H19FN2O5. The fourth-order valence-corrected chi connectivity index (χ4v) is 2.82. The molecule has 7 nitrogen and oxygen atoms in total. The Bertz CT molecular complexity index is 886. The van der Waals surface area contributed by atoms with Crippen molar-refractivity contribution in [2.24, 2.45) is 0 Å². The van der Waals surface area contributed by atoms with Crippen LogP contribution in [0.1, 0.15) is 28.4 Å². The third kappa shape index (κ3) is 4.85. The quantitative estimate of drug-likeness (QED) is 0.738. The zero-order chi connectivity index (χ0) is 19.9. The van der Waals surface area contributed by atoms with E-state index in [-0.39, 0.29) is 11.6 Å². The van der Waals surface area contributed by atoms with E-state index in [9.17, 15) is 18.8 Å². The predicted octanol–water partition coefficient (Wildman–Crippen LogP) is 1.74. The molecule has 1 aliphatic heterocycles. The van der Waals surface area contributed by atoms with Crippen LogP contribution in [0.15, 0.2) is 48.5 Å². The molecule has 146 valence electrons. The van der Waals surface area contributed by atoms with Gasteiger partial charge in [-0.2, -0.15) is 0 Å². The van der Waals surface area contributed by atoms with E-state index in [0.29, 0.717) is 18.8 Å². The fraction of sp³-hybridized carbons (Fsp3) is 0.250. The second kappa shape index (κ2) is 8.98. The van der Waals surface area contributed by atoms with Gasteiger partial charge in [0.25, 0.3) is 11.8 Å². The second-order valence-corrected chi connectivity index (χ2v) is 6.12. The van der Waals surface area contributed by atoms with Crippen LogP contribution in [0, 0.1) is 5.82 Å². The molecule has 1 aliphatic rings. The van der Waals surface area contributed by atoms with Gasteiger partial charge in [-0.05, 0) is 18.2 Å². The molecule has 1 heterocycles. The van der Waals surface area contributed by atoms with Gasteiger partial charge < -0.3 is 20.1 Å². The minimum absolute atomic E-state index is 0.175. The second-order valence-electron chi connectivity index (χ2n) is 6.12. The van der Waals surface area contributed by atoms with Gasteiger partial charge in [0.1, 0.15) is 18.1 Å². The van der Waals surface area contributed by atoms with Gasteiger partial charge in [0.05, 0.1) is 18.2 Å². The molecule has 0 saturated carbocycles. The molecule has 28 heavy (non-hydrogen) atoms. The van der Waals surface area contributed by atoms with Gasteiger partial charge in [-0.3, -0.25) is 14.4 Å². The van der Waals surface area contributed by atoms with E-state index in [4.69, 9.17) is 9.47 Å². The van der Waals surface area contributed by atoms with Crippen molar-refractivity contribution in [2.45, 2.75) is 12.5 Å². The summed E-state index contributed by atoms with van der Waals surface area (Å²) in [6.07, 6.45) is 0.607. The fourth-order valence-electron chi connectivity index (χ4n) is 2.82. The van der Waals surface area contributed by atoms with Crippen LogP contribution in [0.3, 0.4) is 0 Å². The maximum absolute atomic E-state index is 13.5. The van der Waals surface area contributed by atoms with Crippen LogP contribution in [0.4, 0.5) is 4.39 Å². The molecule has 0 bridgehead atoms. The Morgan fingerprint density at radius 2 is 1.86 bits per heavy atom. The summed E-state index contributed by atoms with van der Waals surface area (Å²) in [5.41, 5.74) is 0.691. The Hall–Kier alpha value is -3.42. The van der Waals surface area contributed by atoms with Crippen LogP contribution >= 0.6 is 0 Å². The standard InChI is InChI=1S/C20H19FN2O5/c21-15-7-3-1-5-13(15)20(26)22-11-19(25)28-12-18(24)23-16-9-10-27-17-8-4-2-6-14(16)17/h1-8,16H,9-12H2,(H,22,26)(H,23,24). The van der Waals surface area contributed by atoms with E-state index < -0.39 is 36.8 Å². The van der Waals surface area contributed by atoms with Gasteiger partial charge in [-0.25, -0.2) is 4.39 Å². The Kier molecular flexibility index (Phi) is 6.21. The molecule has 2 aromatic carbocycles. The number of carbonyl (C=O) groups is 3. The molecule has 0 saturated heterocycles. The summed E-state index contributed by atoms with van der Waals surface area (Å²) in [7, 11) is 0. The van der Waals surface area contributed by atoms with Crippen molar-refractivity contribution in [1.29, 1.82) is 0 Å². The van der Waals surface area contributed by atoms with Gasteiger partial charge in [-0.15, -0.1) is 0 Å². The lowest BCUT2D eigenvalue weighted by molar-refractivity contribution is -0.147. The highest BCUT2D eigenvalue weighted by Crippen LogP contribution is 2.31. The molecule has 0 fully saturated rings. The van der Waals surface area contributed by atoms with Gasteiger partial charge in [0, 0.05) is 12.0 Å². The SMILES string of the molecule is O=C(COC(=O)CNC(=O)c1ccccc1F)NC1CCOc2ccccc21. The first-order chi connectivity index (χ1) is 13.5. The number of benzene rings is 2. The average Bonchev–Trinajstić information content (AvgIpc) is 2.71. The Morgan fingerprint density at radius 3 is 2.68 bits per heavy atom. The molecule has 8 heteroatoms. The van der Waals surface area contributed by atoms with Crippen molar-refractivity contribution in [2.75, 3.05) is 19.8 Å². The van der Waals surface area contributed by atoms with Crippen molar-refractivity contribution >= 4 is 17.8 Å². The predicted molar refractivity (Wildman–Crippen MR) is 97.1 cm³/mol. The number of hydrogen-bond acceptors (Lipinski definition) is 5. The van der Waals surface area contributed by atoms with Gasteiger partial charge in [-0.1, -0.05) is 30.3 Å². The van der Waals surface area contributed by atoms with Crippen molar-refractivity contribution < 1.29 is 28.2 Å². The highest BCUT2D eigenvalue weighted by molar-refractivity contribution is 5.96. The number of hydrogen-bond donors (Lipinski definition) is 2.